The van der Waals surface area contributed by atoms with E-state index in [0.29, 0.717) is 25.7 Å². The van der Waals surface area contributed by atoms with E-state index in [1.54, 1.807) is 0 Å². The maximum absolute atomic E-state index is 13.2. The summed E-state index contributed by atoms with van der Waals surface area (Å²) in [5.74, 6) is 0.338. The Labute approximate surface area is 670 Å². The minimum atomic E-state index is -4.97. The Bertz CT molecular complexity index is 2100. The Morgan fingerprint density at radius 1 is 0.248 bits per heavy atom. The van der Waals surface area contributed by atoms with E-state index in [1.807, 2.05) is 0 Å². The van der Waals surface area contributed by atoms with Crippen molar-refractivity contribution in [3.8, 4) is 0 Å². The fourth-order valence-electron chi connectivity index (χ4n) is 14.1. The molecular formula is C90H176O17P2. The highest BCUT2D eigenvalue weighted by Crippen LogP contribution is 2.45. The van der Waals surface area contributed by atoms with E-state index < -0.39 is 97.5 Å². The normalized spacial score (nSPS) is 13.8. The monoisotopic (exact) mass is 1590 g/mol. The van der Waals surface area contributed by atoms with Crippen LogP contribution in [-0.4, -0.2) is 96.7 Å². The standard InChI is InChI=1S/C90H176O17P2/c1-8-9-10-11-12-13-33-43-50-57-64-71-87(92)100-77-85(106-90(95)74-67-60-53-46-39-32-26-20-23-29-36-42-49-56-63-70-83(6)7)79-104-108(96,97)102-75-84(91)76-103-109(98,99)105-80-86(78-101-88(93)72-65-58-51-44-37-30-24-19-18-22-28-35-41-48-55-62-69-82(4)5)107-89(94)73-66-59-52-45-38-31-25-17-15-14-16-21-27-34-40-47-54-61-68-81(2)3/h81-86,91H,8-80H2,1-7H3,(H,96,97)(H,98,99)/t84-,85+,86+/m0/s1. The molecule has 109 heavy (non-hydrogen) atoms. The molecule has 0 amide bonds. The molecule has 0 rings (SSSR count). The van der Waals surface area contributed by atoms with Gasteiger partial charge in [-0.3, -0.25) is 37.3 Å². The summed E-state index contributed by atoms with van der Waals surface area (Å²) in [6.45, 7) is 12.1. The lowest BCUT2D eigenvalue weighted by molar-refractivity contribution is -0.161. The van der Waals surface area contributed by atoms with Crippen LogP contribution in [0.25, 0.3) is 0 Å². The molecule has 0 aliphatic heterocycles. The molecule has 0 aromatic rings. The van der Waals surface area contributed by atoms with Crippen molar-refractivity contribution >= 4 is 39.5 Å². The average molecular weight is 1590 g/mol. The molecule has 3 N–H and O–H groups in total. The van der Waals surface area contributed by atoms with Crippen molar-refractivity contribution in [2.45, 2.75) is 497 Å². The molecule has 5 atom stereocenters. The Morgan fingerprint density at radius 2 is 0.422 bits per heavy atom. The smallest absolute Gasteiger partial charge is 0.462 e. The molecule has 0 saturated heterocycles. The number of hydrogen-bond donors (Lipinski definition) is 3. The number of esters is 4. The summed E-state index contributed by atoms with van der Waals surface area (Å²) in [7, 11) is -9.93. The molecule has 0 aliphatic rings. The summed E-state index contributed by atoms with van der Waals surface area (Å²) < 4.78 is 69.0. The molecular weight excluding hydrogens is 1410 g/mol. The molecule has 0 heterocycles. The van der Waals surface area contributed by atoms with Crippen LogP contribution in [-0.2, 0) is 65.4 Å². The lowest BCUT2D eigenvalue weighted by Gasteiger charge is -2.21. The third kappa shape index (κ3) is 83.8. The van der Waals surface area contributed by atoms with Gasteiger partial charge in [-0.1, -0.05) is 427 Å². The number of phosphoric acid groups is 2. The van der Waals surface area contributed by atoms with Crippen molar-refractivity contribution in [3.05, 3.63) is 0 Å². The lowest BCUT2D eigenvalue weighted by Crippen LogP contribution is -2.30. The lowest BCUT2D eigenvalue weighted by atomic mass is 10.0. The zero-order valence-corrected chi connectivity index (χ0v) is 73.8. The minimum Gasteiger partial charge on any atom is -0.462 e. The molecule has 0 saturated carbocycles. The number of phosphoric ester groups is 2. The van der Waals surface area contributed by atoms with E-state index in [-0.39, 0.29) is 25.7 Å². The molecule has 0 radical (unpaired) electrons. The van der Waals surface area contributed by atoms with Gasteiger partial charge in [0.1, 0.15) is 19.3 Å². The van der Waals surface area contributed by atoms with Gasteiger partial charge in [-0.15, -0.1) is 0 Å². The number of carbonyl (C=O) groups is 4. The first-order valence-electron chi connectivity index (χ1n) is 46.3. The number of carbonyl (C=O) groups excluding carboxylic acids is 4. The van der Waals surface area contributed by atoms with Crippen LogP contribution in [0.3, 0.4) is 0 Å². The average Bonchev–Trinajstić information content (AvgIpc) is 0.899. The van der Waals surface area contributed by atoms with Crippen molar-refractivity contribution in [1.29, 1.82) is 0 Å². The predicted octanol–water partition coefficient (Wildman–Crippen LogP) is 27.6. The van der Waals surface area contributed by atoms with Crippen molar-refractivity contribution in [2.24, 2.45) is 17.8 Å². The highest BCUT2D eigenvalue weighted by molar-refractivity contribution is 7.47. The Kier molecular flexibility index (Phi) is 78.5. The number of ether oxygens (including phenoxy) is 4. The zero-order chi connectivity index (χ0) is 80.0. The maximum atomic E-state index is 13.2. The third-order valence-electron chi connectivity index (χ3n) is 21.1. The van der Waals surface area contributed by atoms with Crippen molar-refractivity contribution in [1.82, 2.24) is 0 Å². The van der Waals surface area contributed by atoms with Crippen LogP contribution in [0.4, 0.5) is 0 Å². The minimum absolute atomic E-state index is 0.108. The first-order valence-corrected chi connectivity index (χ1v) is 49.3. The number of hydrogen-bond acceptors (Lipinski definition) is 15. The fraction of sp³-hybridized carbons (Fsp3) is 0.956. The van der Waals surface area contributed by atoms with Gasteiger partial charge in [-0.05, 0) is 43.4 Å². The summed E-state index contributed by atoms with van der Waals surface area (Å²) in [5.41, 5.74) is 0. The van der Waals surface area contributed by atoms with Gasteiger partial charge in [0.05, 0.1) is 26.4 Å². The summed E-state index contributed by atoms with van der Waals surface area (Å²) >= 11 is 0. The van der Waals surface area contributed by atoms with Crippen LogP contribution in [0.1, 0.15) is 479 Å². The number of aliphatic hydroxyl groups is 1. The SMILES string of the molecule is CCCCCCCCCCCCCC(=O)OC[C@H](COP(=O)(O)OC[C@H](O)COP(=O)(O)OC[C@@H](COC(=O)CCCCCCCCCCCCCCCCCCC(C)C)OC(=O)CCCCCCCCCCCCCCCCCCCCC(C)C)OC(=O)CCCCCCCCCCCCCCCCCC(C)C. The second-order valence-corrected chi connectivity index (χ2v) is 36.7. The highest BCUT2D eigenvalue weighted by atomic mass is 31.2. The van der Waals surface area contributed by atoms with Crippen LogP contribution < -0.4 is 0 Å². The predicted molar refractivity (Wildman–Crippen MR) is 451 cm³/mol. The largest absolute Gasteiger partial charge is 0.472 e. The second kappa shape index (κ2) is 79.9. The van der Waals surface area contributed by atoms with Gasteiger partial charge >= 0.3 is 39.5 Å². The molecule has 648 valence electrons. The summed E-state index contributed by atoms with van der Waals surface area (Å²) in [4.78, 5) is 73.4. The highest BCUT2D eigenvalue weighted by Gasteiger charge is 2.31. The number of aliphatic hydroxyl groups excluding tert-OH is 1. The van der Waals surface area contributed by atoms with Gasteiger partial charge in [0.2, 0.25) is 0 Å². The van der Waals surface area contributed by atoms with E-state index in [9.17, 15) is 43.2 Å². The molecule has 0 aromatic carbocycles. The van der Waals surface area contributed by atoms with Gasteiger partial charge in [0.25, 0.3) is 0 Å². The Morgan fingerprint density at radius 3 is 0.624 bits per heavy atom. The van der Waals surface area contributed by atoms with E-state index in [0.717, 1.165) is 108 Å². The van der Waals surface area contributed by atoms with E-state index in [2.05, 4.69) is 48.5 Å². The van der Waals surface area contributed by atoms with Gasteiger partial charge in [0, 0.05) is 25.7 Å². The summed E-state index contributed by atoms with van der Waals surface area (Å²) in [5, 5.41) is 10.7. The fourth-order valence-corrected chi connectivity index (χ4v) is 15.7. The summed E-state index contributed by atoms with van der Waals surface area (Å²) in [6, 6.07) is 0. The van der Waals surface area contributed by atoms with Gasteiger partial charge in [-0.25, -0.2) is 9.13 Å². The number of unbranched alkanes of at least 4 members (excludes halogenated alkanes) is 56. The first-order chi connectivity index (χ1) is 52.7. The van der Waals surface area contributed by atoms with Gasteiger partial charge < -0.3 is 33.8 Å². The molecule has 0 spiro atoms. The van der Waals surface area contributed by atoms with Gasteiger partial charge in [0.15, 0.2) is 12.2 Å². The summed E-state index contributed by atoms with van der Waals surface area (Å²) in [6.07, 6.45) is 72.2. The first kappa shape index (κ1) is 107. The maximum Gasteiger partial charge on any atom is 0.472 e. The van der Waals surface area contributed by atoms with E-state index >= 15 is 0 Å². The van der Waals surface area contributed by atoms with E-state index in [1.165, 1.54) is 289 Å². The Balaban J connectivity index is 5.24. The molecule has 0 fully saturated rings. The van der Waals surface area contributed by atoms with E-state index in [4.69, 9.17) is 37.0 Å². The molecule has 19 heteroatoms. The quantitative estimate of drug-likeness (QED) is 0.0222. The topological polar surface area (TPSA) is 237 Å². The van der Waals surface area contributed by atoms with Crippen LogP contribution in [0, 0.1) is 17.8 Å². The molecule has 17 nitrogen and oxygen atoms in total. The van der Waals surface area contributed by atoms with Crippen LogP contribution in [0.5, 0.6) is 0 Å². The van der Waals surface area contributed by atoms with Crippen molar-refractivity contribution in [2.75, 3.05) is 39.6 Å². The molecule has 0 aliphatic carbocycles. The van der Waals surface area contributed by atoms with Gasteiger partial charge in [-0.2, -0.15) is 0 Å². The number of rotatable bonds is 88. The second-order valence-electron chi connectivity index (χ2n) is 33.8. The molecule has 0 bridgehead atoms. The molecule has 0 aromatic heterocycles. The molecule has 2 unspecified atom stereocenters. The van der Waals surface area contributed by atoms with Crippen LogP contribution >= 0.6 is 15.6 Å². The third-order valence-corrected chi connectivity index (χ3v) is 23.0. The van der Waals surface area contributed by atoms with Crippen LogP contribution in [0.15, 0.2) is 0 Å². The zero-order valence-electron chi connectivity index (χ0n) is 72.0. The van der Waals surface area contributed by atoms with Crippen LogP contribution in [0.2, 0.25) is 0 Å². The van der Waals surface area contributed by atoms with Crippen molar-refractivity contribution in [3.63, 3.8) is 0 Å². The Hall–Kier alpha value is -1.94. The van der Waals surface area contributed by atoms with Crippen molar-refractivity contribution < 1.29 is 80.2 Å².